The Morgan fingerprint density at radius 2 is 2.33 bits per heavy atom. The number of alkyl halides is 3. The lowest BCUT2D eigenvalue weighted by Gasteiger charge is -2.05. The Morgan fingerprint density at radius 3 is 2.83 bits per heavy atom. The van der Waals surface area contributed by atoms with Gasteiger partial charge in [-0.25, -0.2) is 4.68 Å². The second-order valence-electron chi connectivity index (χ2n) is 2.02. The van der Waals surface area contributed by atoms with Crippen LogP contribution in [0.1, 0.15) is 5.69 Å². The van der Waals surface area contributed by atoms with E-state index in [2.05, 4.69) is 11.2 Å². The Balaban J connectivity index is 2.84. The summed E-state index contributed by atoms with van der Waals surface area (Å²) >= 11 is 0. The molecule has 0 atom stereocenters. The minimum absolute atomic E-state index is 0.215. The fourth-order valence-electron chi connectivity index (χ4n) is 0.672. The summed E-state index contributed by atoms with van der Waals surface area (Å²) < 4.78 is 35.8. The smallest absolute Gasteiger partial charge is 0.245 e. The Morgan fingerprint density at radius 1 is 1.67 bits per heavy atom. The molecule has 0 amide bonds. The van der Waals surface area contributed by atoms with Crippen LogP contribution in [-0.2, 0) is 6.54 Å². The number of nitrogens with zero attached hydrogens (tertiary/aromatic N) is 3. The lowest BCUT2D eigenvalue weighted by Crippen LogP contribution is -2.19. The zero-order chi connectivity index (χ0) is 9.19. The van der Waals surface area contributed by atoms with E-state index in [4.69, 9.17) is 5.26 Å². The van der Waals surface area contributed by atoms with Gasteiger partial charge in [0.2, 0.25) is 0 Å². The molecule has 3 nitrogen and oxygen atoms in total. The third-order valence-electron chi connectivity index (χ3n) is 1.09. The van der Waals surface area contributed by atoms with E-state index in [9.17, 15) is 13.2 Å². The molecule has 0 spiro atoms. The lowest BCUT2D eigenvalue weighted by molar-refractivity contribution is -0.142. The summed E-state index contributed by atoms with van der Waals surface area (Å²) in [5.74, 6) is 0. The molecule has 1 rings (SSSR count). The summed E-state index contributed by atoms with van der Waals surface area (Å²) in [6, 6.07) is 3.81. The topological polar surface area (TPSA) is 41.6 Å². The van der Waals surface area contributed by atoms with Gasteiger partial charge in [-0.3, -0.25) is 0 Å². The highest BCUT2D eigenvalue weighted by Crippen LogP contribution is 2.17. The van der Waals surface area contributed by atoms with Crippen molar-refractivity contribution < 1.29 is 13.2 Å². The summed E-state index contributed by atoms with van der Waals surface area (Å²) in [5, 5.41) is 11.6. The van der Waals surface area contributed by atoms with Crippen LogP contribution < -0.4 is 0 Å². The van der Waals surface area contributed by atoms with E-state index in [-0.39, 0.29) is 5.69 Å². The molecule has 0 aromatic carbocycles. The molecule has 1 aromatic heterocycles. The summed E-state index contributed by atoms with van der Waals surface area (Å²) in [6.45, 7) is -1.25. The molecule has 0 N–H and O–H groups in total. The molecule has 0 fully saturated rings. The summed E-state index contributed by atoms with van der Waals surface area (Å²) in [7, 11) is 0. The van der Waals surface area contributed by atoms with Crippen LogP contribution in [0.15, 0.2) is 6.20 Å². The van der Waals surface area contributed by atoms with Crippen molar-refractivity contribution in [1.82, 2.24) is 9.78 Å². The van der Waals surface area contributed by atoms with Crippen LogP contribution in [0.5, 0.6) is 0 Å². The van der Waals surface area contributed by atoms with Gasteiger partial charge in [-0.15, -0.1) is 0 Å². The maximum Gasteiger partial charge on any atom is 0.408 e. The zero-order valence-corrected chi connectivity index (χ0v) is 5.76. The van der Waals surface area contributed by atoms with E-state index in [0.717, 1.165) is 6.20 Å². The van der Waals surface area contributed by atoms with E-state index < -0.39 is 12.7 Å². The van der Waals surface area contributed by atoms with Crippen molar-refractivity contribution in [2.45, 2.75) is 12.7 Å². The van der Waals surface area contributed by atoms with Crippen molar-refractivity contribution in [3.05, 3.63) is 18.0 Å². The van der Waals surface area contributed by atoms with Crippen molar-refractivity contribution in [1.29, 1.82) is 5.26 Å². The van der Waals surface area contributed by atoms with Gasteiger partial charge in [0.1, 0.15) is 18.3 Å². The second-order valence-corrected chi connectivity index (χ2v) is 2.02. The molecule has 0 aliphatic carbocycles. The molecule has 0 aliphatic heterocycles. The van der Waals surface area contributed by atoms with Crippen LogP contribution in [0.3, 0.4) is 0 Å². The normalized spacial score (nSPS) is 11.2. The fourth-order valence-corrected chi connectivity index (χ4v) is 0.672. The van der Waals surface area contributed by atoms with E-state index in [0.29, 0.717) is 4.68 Å². The average molecular weight is 174 g/mol. The summed E-state index contributed by atoms with van der Waals surface area (Å²) in [4.78, 5) is 0. The Labute approximate surface area is 66.0 Å². The molecule has 0 bridgehead atoms. The predicted octanol–water partition coefficient (Wildman–Crippen LogP) is 1.12. The van der Waals surface area contributed by atoms with Gasteiger partial charge in [-0.05, 0) is 0 Å². The molecule has 0 aliphatic rings. The van der Waals surface area contributed by atoms with Crippen LogP contribution in [0.2, 0.25) is 0 Å². The van der Waals surface area contributed by atoms with E-state index >= 15 is 0 Å². The number of halogens is 3. The Bertz CT molecular complexity index is 307. The van der Waals surface area contributed by atoms with Gasteiger partial charge >= 0.3 is 6.18 Å². The first-order chi connectivity index (χ1) is 5.53. The molecule has 12 heavy (non-hydrogen) atoms. The minimum atomic E-state index is -4.36. The van der Waals surface area contributed by atoms with Crippen LogP contribution in [0, 0.1) is 17.4 Å². The van der Waals surface area contributed by atoms with Crippen molar-refractivity contribution in [3.63, 3.8) is 0 Å². The summed E-state index contributed by atoms with van der Waals surface area (Å²) in [5.41, 5.74) is -0.215. The summed E-state index contributed by atoms with van der Waals surface area (Å²) in [6.07, 6.45) is -3.32. The highest BCUT2D eigenvalue weighted by atomic mass is 19.4. The van der Waals surface area contributed by atoms with Crippen LogP contribution in [0.25, 0.3) is 0 Å². The Hall–Kier alpha value is -1.51. The van der Waals surface area contributed by atoms with Crippen molar-refractivity contribution in [3.8, 4) is 6.07 Å². The van der Waals surface area contributed by atoms with Crippen LogP contribution in [-0.4, -0.2) is 16.0 Å². The molecule has 1 heterocycles. The Kier molecular flexibility index (Phi) is 2.04. The van der Waals surface area contributed by atoms with Gasteiger partial charge in [-0.2, -0.15) is 23.5 Å². The van der Waals surface area contributed by atoms with E-state index in [1.54, 1.807) is 6.07 Å². The van der Waals surface area contributed by atoms with Crippen LogP contribution >= 0.6 is 0 Å². The highest BCUT2D eigenvalue weighted by Gasteiger charge is 2.29. The number of aromatic nitrogens is 2. The molecule has 1 radical (unpaired) electrons. The molecule has 0 unspecified atom stereocenters. The van der Waals surface area contributed by atoms with Gasteiger partial charge in [0, 0.05) is 6.07 Å². The molecule has 0 saturated carbocycles. The third-order valence-corrected chi connectivity index (χ3v) is 1.09. The minimum Gasteiger partial charge on any atom is -0.245 e. The largest absolute Gasteiger partial charge is 0.408 e. The van der Waals surface area contributed by atoms with Crippen molar-refractivity contribution in [2.24, 2.45) is 0 Å². The van der Waals surface area contributed by atoms with Crippen molar-refractivity contribution >= 4 is 0 Å². The van der Waals surface area contributed by atoms with Gasteiger partial charge in [0.05, 0.1) is 6.20 Å². The maximum absolute atomic E-state index is 11.8. The average Bonchev–Trinajstić information content (AvgIpc) is 2.31. The van der Waals surface area contributed by atoms with Gasteiger partial charge in [0.15, 0.2) is 0 Å². The van der Waals surface area contributed by atoms with Gasteiger partial charge in [-0.1, -0.05) is 0 Å². The molecule has 63 valence electrons. The number of hydrogen-bond donors (Lipinski definition) is 0. The molecular weight excluding hydrogens is 171 g/mol. The molecule has 6 heteroatoms. The standard InChI is InChI=1S/C6H3F3N3/c7-6(8,9)4-12-5(3-10)1-2-11-12/h2H,4H2. The first-order valence-electron chi connectivity index (χ1n) is 2.93. The first-order valence-corrected chi connectivity index (χ1v) is 2.93. The van der Waals surface area contributed by atoms with E-state index in [1.807, 2.05) is 0 Å². The fraction of sp³-hybridized carbons (Fsp3) is 0.333. The maximum atomic E-state index is 11.8. The second kappa shape index (κ2) is 2.85. The lowest BCUT2D eigenvalue weighted by atomic mass is 10.4. The van der Waals surface area contributed by atoms with Crippen LogP contribution in [0.4, 0.5) is 13.2 Å². The monoisotopic (exact) mass is 174 g/mol. The first kappa shape index (κ1) is 8.59. The van der Waals surface area contributed by atoms with Gasteiger partial charge in [0.25, 0.3) is 0 Å². The molecule has 0 saturated heterocycles. The quantitative estimate of drug-likeness (QED) is 0.640. The zero-order valence-electron chi connectivity index (χ0n) is 5.76. The predicted molar refractivity (Wildman–Crippen MR) is 31.8 cm³/mol. The molecular formula is C6H3F3N3. The van der Waals surface area contributed by atoms with Gasteiger partial charge < -0.3 is 0 Å². The number of rotatable bonds is 1. The number of hydrogen-bond acceptors (Lipinski definition) is 2. The van der Waals surface area contributed by atoms with Crippen molar-refractivity contribution in [2.75, 3.05) is 0 Å². The number of nitriles is 1. The van der Waals surface area contributed by atoms with E-state index in [1.165, 1.54) is 0 Å². The molecule has 1 aromatic rings. The highest BCUT2D eigenvalue weighted by molar-refractivity contribution is 5.16. The third kappa shape index (κ3) is 1.99. The SMILES string of the molecule is N#Cc1[c]cnn1CC(F)(F)F.